The summed E-state index contributed by atoms with van der Waals surface area (Å²) in [5.41, 5.74) is 3.26. The van der Waals surface area contributed by atoms with E-state index in [1.807, 2.05) is 0 Å². The maximum Gasteiger partial charge on any atom is 0.168 e. The summed E-state index contributed by atoms with van der Waals surface area (Å²) in [7, 11) is 0. The Morgan fingerprint density at radius 3 is 1.28 bits per heavy atom. The molecule has 252 valence electrons. The number of phenolic OH excluding ortho intramolecular Hbond substituents is 1. The topological polar surface area (TPSA) is 52.8 Å². The first-order valence-electron chi connectivity index (χ1n) is 16.5. The lowest BCUT2D eigenvalue weighted by Gasteiger charge is -2.39. The summed E-state index contributed by atoms with van der Waals surface area (Å²) in [5.74, 6) is -2.43. The summed E-state index contributed by atoms with van der Waals surface area (Å²) in [6.45, 7) is 30.1. The fourth-order valence-electron chi connectivity index (χ4n) is 5.62. The first kappa shape index (κ1) is 37.4. The predicted molar refractivity (Wildman–Crippen MR) is 190 cm³/mol. The lowest BCUT2D eigenvalue weighted by Crippen LogP contribution is -2.42. The molecule has 3 nitrogen and oxygen atoms in total. The van der Waals surface area contributed by atoms with E-state index in [9.17, 15) is 19.0 Å². The van der Waals surface area contributed by atoms with Crippen LogP contribution >= 0.6 is 0 Å². The summed E-state index contributed by atoms with van der Waals surface area (Å²) < 4.78 is 28.6. The highest BCUT2D eigenvalue weighted by molar-refractivity contribution is 5.83. The zero-order valence-electron chi connectivity index (χ0n) is 30.7. The van der Waals surface area contributed by atoms with E-state index >= 15 is 0 Å². The lowest BCUT2D eigenvalue weighted by atomic mass is 9.70. The van der Waals surface area contributed by atoms with Crippen LogP contribution in [-0.4, -0.2) is 22.5 Å². The van der Waals surface area contributed by atoms with Crippen molar-refractivity contribution >= 4 is 6.21 Å². The minimum absolute atomic E-state index is 0.0775. The van der Waals surface area contributed by atoms with Gasteiger partial charge in [-0.15, -0.1) is 0 Å². The highest BCUT2D eigenvalue weighted by Gasteiger charge is 2.43. The van der Waals surface area contributed by atoms with E-state index in [1.165, 1.54) is 6.21 Å². The van der Waals surface area contributed by atoms with E-state index in [2.05, 4.69) is 133 Å². The van der Waals surface area contributed by atoms with Gasteiger partial charge in [-0.05, 0) is 73.4 Å². The number of phenols is 1. The Bertz CT molecular complexity index is 1430. The number of aromatic hydroxyl groups is 1. The SMILES string of the molecule is CC(C)CC(N=Cc1cc(F)cc(F)c1O)C(O)(c1cc(C(C)(C)C)cc(C(C)(C)C)c1)c1cc(C(C)(C)C)cc(C(C)(C)C)c1. The van der Waals surface area contributed by atoms with Crippen LogP contribution in [0.2, 0.25) is 0 Å². The molecule has 0 radical (unpaired) electrons. The van der Waals surface area contributed by atoms with Crippen molar-refractivity contribution in [2.45, 2.75) is 137 Å². The minimum Gasteiger partial charge on any atom is -0.504 e. The number of benzene rings is 3. The fourth-order valence-corrected chi connectivity index (χ4v) is 5.62. The Morgan fingerprint density at radius 2 is 0.957 bits per heavy atom. The van der Waals surface area contributed by atoms with Gasteiger partial charge in [0.1, 0.15) is 11.4 Å². The van der Waals surface area contributed by atoms with Crippen LogP contribution in [0.25, 0.3) is 0 Å². The molecule has 3 aromatic carbocycles. The molecule has 0 bridgehead atoms. The lowest BCUT2D eigenvalue weighted by molar-refractivity contribution is 0.0448. The third kappa shape index (κ3) is 8.45. The number of aliphatic imine (C=N–C) groups is 1. The zero-order valence-corrected chi connectivity index (χ0v) is 30.7. The molecule has 0 aliphatic heterocycles. The molecule has 0 aliphatic rings. The molecule has 2 N–H and O–H groups in total. The number of aliphatic hydroxyl groups is 1. The smallest absolute Gasteiger partial charge is 0.168 e. The number of nitrogens with zero attached hydrogens (tertiary/aromatic N) is 1. The van der Waals surface area contributed by atoms with Crippen molar-refractivity contribution in [3.63, 3.8) is 0 Å². The van der Waals surface area contributed by atoms with Gasteiger partial charge in [0.2, 0.25) is 0 Å². The fraction of sp³-hybridized carbons (Fsp3) is 0.537. The molecule has 0 saturated heterocycles. The summed E-state index contributed by atoms with van der Waals surface area (Å²) in [6.07, 6.45) is 1.77. The molecule has 46 heavy (non-hydrogen) atoms. The second-order valence-corrected chi connectivity index (χ2v) is 17.6. The summed E-state index contributed by atoms with van der Waals surface area (Å²) in [5, 5.41) is 24.0. The van der Waals surface area contributed by atoms with Crippen LogP contribution in [0.4, 0.5) is 8.78 Å². The molecule has 5 heteroatoms. The van der Waals surface area contributed by atoms with E-state index < -0.39 is 29.0 Å². The monoisotopic (exact) mass is 633 g/mol. The van der Waals surface area contributed by atoms with Gasteiger partial charge in [-0.1, -0.05) is 133 Å². The molecule has 3 aromatic rings. The van der Waals surface area contributed by atoms with Crippen molar-refractivity contribution in [1.29, 1.82) is 0 Å². The van der Waals surface area contributed by atoms with Gasteiger partial charge in [0.05, 0.1) is 6.04 Å². The first-order valence-corrected chi connectivity index (χ1v) is 16.5. The Hall–Kier alpha value is -3.05. The van der Waals surface area contributed by atoms with Crippen molar-refractivity contribution in [2.75, 3.05) is 0 Å². The average Bonchev–Trinajstić information content (AvgIpc) is 2.90. The van der Waals surface area contributed by atoms with Gasteiger partial charge in [-0.2, -0.15) is 0 Å². The van der Waals surface area contributed by atoms with E-state index in [-0.39, 0.29) is 33.1 Å². The van der Waals surface area contributed by atoms with Gasteiger partial charge in [0, 0.05) is 17.8 Å². The molecule has 0 aliphatic carbocycles. The van der Waals surface area contributed by atoms with Crippen molar-refractivity contribution < 1.29 is 19.0 Å². The predicted octanol–water partition coefficient (Wildman–Crippen LogP) is 10.6. The quantitative estimate of drug-likeness (QED) is 0.254. The van der Waals surface area contributed by atoms with Crippen LogP contribution in [0.15, 0.2) is 53.5 Å². The molecule has 0 aromatic heterocycles. The average molecular weight is 634 g/mol. The molecule has 0 spiro atoms. The van der Waals surface area contributed by atoms with Gasteiger partial charge in [0.25, 0.3) is 0 Å². The van der Waals surface area contributed by atoms with Crippen molar-refractivity contribution in [2.24, 2.45) is 10.9 Å². The van der Waals surface area contributed by atoms with E-state index in [1.54, 1.807) is 0 Å². The third-order valence-electron chi connectivity index (χ3n) is 8.84. The largest absolute Gasteiger partial charge is 0.504 e. The maximum absolute atomic E-state index is 14.4. The van der Waals surface area contributed by atoms with Crippen molar-refractivity contribution in [3.05, 3.63) is 99.1 Å². The molecule has 0 amide bonds. The van der Waals surface area contributed by atoms with Crippen LogP contribution in [0.1, 0.15) is 142 Å². The first-order chi connectivity index (χ1) is 20.7. The number of hydrogen-bond acceptors (Lipinski definition) is 3. The van der Waals surface area contributed by atoms with E-state index in [0.717, 1.165) is 28.3 Å². The maximum atomic E-state index is 14.4. The zero-order chi connectivity index (χ0) is 35.2. The molecular formula is C41H57F2NO2. The van der Waals surface area contributed by atoms with Gasteiger partial charge < -0.3 is 10.2 Å². The standard InChI is InChI=1S/C41H57F2NO2/c1-25(2)15-35(44-24-26-16-33(42)23-34(43)36(26)45)41(46,31-19-27(37(3,4)5)17-28(20-31)38(6,7)8)32-21-29(39(9,10)11)18-30(22-32)40(12,13)14/h16-25,35,45-46H,15H2,1-14H3. The number of halogens is 2. The van der Waals surface area contributed by atoms with Crippen LogP contribution in [0, 0.1) is 17.6 Å². The van der Waals surface area contributed by atoms with Crippen molar-refractivity contribution in [1.82, 2.24) is 0 Å². The summed E-state index contributed by atoms with van der Waals surface area (Å²) >= 11 is 0. The van der Waals surface area contributed by atoms with Crippen LogP contribution < -0.4 is 0 Å². The molecular weight excluding hydrogens is 576 g/mol. The Labute approximate surface area is 277 Å². The minimum atomic E-state index is -1.63. The molecule has 0 fully saturated rings. The molecule has 3 rings (SSSR count). The molecule has 1 atom stereocenters. The number of rotatable bonds is 7. The highest BCUT2D eigenvalue weighted by Crippen LogP contribution is 2.44. The normalized spacial score (nSPS) is 14.4. The van der Waals surface area contributed by atoms with Crippen LogP contribution in [0.5, 0.6) is 5.75 Å². The van der Waals surface area contributed by atoms with Gasteiger partial charge in [-0.3, -0.25) is 4.99 Å². The number of hydrogen-bond donors (Lipinski definition) is 2. The third-order valence-corrected chi connectivity index (χ3v) is 8.84. The second kappa shape index (κ2) is 12.9. The van der Waals surface area contributed by atoms with Crippen molar-refractivity contribution in [3.8, 4) is 5.75 Å². The van der Waals surface area contributed by atoms with E-state index in [4.69, 9.17) is 4.99 Å². The van der Waals surface area contributed by atoms with E-state index in [0.29, 0.717) is 23.6 Å². The molecule has 0 saturated carbocycles. The Morgan fingerprint density at radius 1 is 0.609 bits per heavy atom. The highest BCUT2D eigenvalue weighted by atomic mass is 19.1. The van der Waals surface area contributed by atoms with Gasteiger partial charge in [0.15, 0.2) is 11.6 Å². The summed E-state index contributed by atoms with van der Waals surface area (Å²) in [4.78, 5) is 4.90. The van der Waals surface area contributed by atoms with Gasteiger partial charge >= 0.3 is 0 Å². The molecule has 0 heterocycles. The second-order valence-electron chi connectivity index (χ2n) is 17.6. The Balaban J connectivity index is 2.56. The molecule has 1 unspecified atom stereocenters. The van der Waals surface area contributed by atoms with Gasteiger partial charge in [-0.25, -0.2) is 8.78 Å². The summed E-state index contributed by atoms with van der Waals surface area (Å²) in [6, 6.07) is 13.8. The Kier molecular flexibility index (Phi) is 10.5. The van der Waals surface area contributed by atoms with Crippen LogP contribution in [-0.2, 0) is 27.3 Å². The van der Waals surface area contributed by atoms with Crippen LogP contribution in [0.3, 0.4) is 0 Å².